The SMILES string of the molecule is C[C@]12CCC3c4ccc(OC(=O)CCC(N)C(=O)Oc5ccc6c(c5)CCC5C6CC[C@@]6(C)C5CC[C@@H]6O)cc4CCC3C1CC[C@@H]2O. The Morgan fingerprint density at radius 2 is 1.25 bits per heavy atom. The van der Waals surface area contributed by atoms with E-state index in [0.717, 1.165) is 77.0 Å². The third-order valence-corrected chi connectivity index (χ3v) is 14.7. The van der Waals surface area contributed by atoms with Crippen LogP contribution in [0.25, 0.3) is 0 Å². The summed E-state index contributed by atoms with van der Waals surface area (Å²) in [6.07, 6.45) is 12.4. The molecule has 8 rings (SSSR count). The summed E-state index contributed by atoms with van der Waals surface area (Å²) >= 11 is 0. The number of aryl methyl sites for hydroxylation is 2. The molecule has 48 heavy (non-hydrogen) atoms. The minimum absolute atomic E-state index is 0.0304. The van der Waals surface area contributed by atoms with Crippen molar-refractivity contribution in [3.05, 3.63) is 58.7 Å². The van der Waals surface area contributed by atoms with Crippen LogP contribution in [0.15, 0.2) is 36.4 Å². The van der Waals surface area contributed by atoms with Crippen LogP contribution < -0.4 is 15.2 Å². The predicted octanol–water partition coefficient (Wildman–Crippen LogP) is 6.74. The number of hydrogen-bond donors (Lipinski definition) is 3. The van der Waals surface area contributed by atoms with E-state index in [-0.39, 0.29) is 35.9 Å². The van der Waals surface area contributed by atoms with Crippen molar-refractivity contribution in [1.82, 2.24) is 0 Å². The van der Waals surface area contributed by atoms with Gasteiger partial charge in [0.25, 0.3) is 0 Å². The van der Waals surface area contributed by atoms with Gasteiger partial charge >= 0.3 is 11.9 Å². The van der Waals surface area contributed by atoms with Crippen LogP contribution in [-0.2, 0) is 22.4 Å². The Morgan fingerprint density at radius 1 is 0.750 bits per heavy atom. The van der Waals surface area contributed by atoms with Crippen LogP contribution >= 0.6 is 0 Å². The van der Waals surface area contributed by atoms with Crippen molar-refractivity contribution in [3.8, 4) is 11.5 Å². The lowest BCUT2D eigenvalue weighted by atomic mass is 9.55. The fourth-order valence-corrected chi connectivity index (χ4v) is 12.0. The van der Waals surface area contributed by atoms with Gasteiger partial charge in [0.05, 0.1) is 12.2 Å². The minimum atomic E-state index is -0.922. The van der Waals surface area contributed by atoms with Crippen molar-refractivity contribution >= 4 is 11.9 Å². The number of esters is 2. The first kappa shape index (κ1) is 32.5. The number of carbonyl (C=O) groups excluding carboxylic acids is 2. The van der Waals surface area contributed by atoms with Crippen LogP contribution in [0.1, 0.15) is 125 Å². The lowest BCUT2D eigenvalue weighted by Gasteiger charge is -2.50. The van der Waals surface area contributed by atoms with Crippen LogP contribution in [0.2, 0.25) is 0 Å². The topological polar surface area (TPSA) is 119 Å². The van der Waals surface area contributed by atoms with Gasteiger partial charge in [0.15, 0.2) is 0 Å². The molecule has 4 saturated carbocycles. The molecule has 0 radical (unpaired) electrons. The molecule has 258 valence electrons. The molecular weight excluding hydrogens is 602 g/mol. The highest BCUT2D eigenvalue weighted by Gasteiger charge is 2.55. The van der Waals surface area contributed by atoms with Gasteiger partial charge in [0.2, 0.25) is 0 Å². The first-order valence-corrected chi connectivity index (χ1v) is 18.8. The molecule has 11 atom stereocenters. The van der Waals surface area contributed by atoms with Gasteiger partial charge in [-0.1, -0.05) is 26.0 Å². The molecule has 0 saturated heterocycles. The van der Waals surface area contributed by atoms with Crippen molar-refractivity contribution in [3.63, 3.8) is 0 Å². The maximum Gasteiger partial charge on any atom is 0.328 e. The lowest BCUT2D eigenvalue weighted by Crippen LogP contribution is -2.43. The molecule has 6 aliphatic carbocycles. The lowest BCUT2D eigenvalue weighted by molar-refractivity contribution is -0.137. The summed E-state index contributed by atoms with van der Waals surface area (Å²) in [7, 11) is 0. The molecule has 0 aromatic heterocycles. The minimum Gasteiger partial charge on any atom is -0.427 e. The number of aliphatic hydroxyl groups excluding tert-OH is 2. The van der Waals surface area contributed by atoms with E-state index in [0.29, 0.717) is 47.0 Å². The molecule has 6 aliphatic rings. The van der Waals surface area contributed by atoms with E-state index in [1.807, 2.05) is 24.3 Å². The Labute approximate surface area is 285 Å². The molecule has 2 aromatic rings. The average molecular weight is 656 g/mol. The van der Waals surface area contributed by atoms with Gasteiger partial charge in [0.1, 0.15) is 17.5 Å². The van der Waals surface area contributed by atoms with Crippen molar-refractivity contribution in [1.29, 1.82) is 0 Å². The van der Waals surface area contributed by atoms with Gasteiger partial charge < -0.3 is 25.4 Å². The number of hydrogen-bond acceptors (Lipinski definition) is 7. The van der Waals surface area contributed by atoms with Gasteiger partial charge in [-0.2, -0.15) is 0 Å². The van der Waals surface area contributed by atoms with Crippen LogP contribution in [0.3, 0.4) is 0 Å². The second-order valence-electron chi connectivity index (χ2n) is 16.9. The van der Waals surface area contributed by atoms with Crippen molar-refractivity contribution in [2.75, 3.05) is 0 Å². The molecule has 4 fully saturated rings. The zero-order valence-corrected chi connectivity index (χ0v) is 28.7. The summed E-state index contributed by atoms with van der Waals surface area (Å²) < 4.78 is 11.4. The largest absolute Gasteiger partial charge is 0.427 e. The number of carbonyl (C=O) groups is 2. The molecule has 7 unspecified atom stereocenters. The summed E-state index contributed by atoms with van der Waals surface area (Å²) in [5, 5.41) is 21.4. The smallest absolute Gasteiger partial charge is 0.328 e. The molecule has 2 aromatic carbocycles. The summed E-state index contributed by atoms with van der Waals surface area (Å²) in [5.41, 5.74) is 11.6. The quantitative estimate of drug-likeness (QED) is 0.233. The third kappa shape index (κ3) is 5.34. The standard InChI is InChI=1S/C41H53NO6/c1-40-19-17-29-27-9-5-25(21-23(27)3-7-31(29)33(40)11-14-36(40)43)47-38(45)16-13-35(42)39(46)48-26-6-10-28-24(22-26)4-8-32-30(28)18-20-41(2)34(32)12-15-37(41)44/h5-6,9-10,21-22,29-37,43-44H,3-4,7-8,11-20,42H2,1-2H3/t29?,30?,31?,32?,33?,34?,35?,36-,37-,40-,41-/m0/s1. The van der Waals surface area contributed by atoms with E-state index in [4.69, 9.17) is 15.2 Å². The Balaban J connectivity index is 0.837. The number of nitrogens with two attached hydrogens (primary N) is 1. The highest BCUT2D eigenvalue weighted by Crippen LogP contribution is 2.62. The summed E-state index contributed by atoms with van der Waals surface area (Å²) in [4.78, 5) is 25.7. The maximum absolute atomic E-state index is 12.9. The number of fused-ring (bicyclic) bond motifs is 10. The van der Waals surface area contributed by atoms with E-state index in [1.165, 1.54) is 22.3 Å². The molecule has 4 N–H and O–H groups in total. The highest BCUT2D eigenvalue weighted by atomic mass is 16.5. The second-order valence-corrected chi connectivity index (χ2v) is 16.9. The predicted molar refractivity (Wildman–Crippen MR) is 183 cm³/mol. The van der Waals surface area contributed by atoms with E-state index in [2.05, 4.69) is 26.0 Å². The molecule has 7 heteroatoms. The zero-order valence-electron chi connectivity index (χ0n) is 28.7. The molecule has 0 aliphatic heterocycles. The van der Waals surface area contributed by atoms with E-state index >= 15 is 0 Å². The number of aliphatic hydroxyl groups is 2. The van der Waals surface area contributed by atoms with Gasteiger partial charge in [0, 0.05) is 6.42 Å². The summed E-state index contributed by atoms with van der Waals surface area (Å²) in [6.45, 7) is 4.59. The van der Waals surface area contributed by atoms with Gasteiger partial charge in [-0.15, -0.1) is 0 Å². The fraction of sp³-hybridized carbons (Fsp3) is 0.659. The Morgan fingerprint density at radius 3 is 1.77 bits per heavy atom. The molecule has 0 spiro atoms. The second kappa shape index (κ2) is 12.2. The molecule has 7 nitrogen and oxygen atoms in total. The van der Waals surface area contributed by atoms with Crippen molar-refractivity contribution in [2.24, 2.45) is 40.2 Å². The van der Waals surface area contributed by atoms with Crippen LogP contribution in [0, 0.1) is 34.5 Å². The summed E-state index contributed by atoms with van der Waals surface area (Å²) in [6, 6.07) is 11.2. The van der Waals surface area contributed by atoms with Crippen LogP contribution in [0.5, 0.6) is 11.5 Å². The van der Waals surface area contributed by atoms with Gasteiger partial charge in [-0.05, 0) is 176 Å². The number of rotatable bonds is 6. The Hall–Kier alpha value is -2.74. The van der Waals surface area contributed by atoms with Crippen LogP contribution in [-0.4, -0.2) is 40.4 Å². The molecule has 0 amide bonds. The average Bonchev–Trinajstić information content (AvgIpc) is 3.56. The Kier molecular flexibility index (Phi) is 8.28. The van der Waals surface area contributed by atoms with E-state index in [1.54, 1.807) is 0 Å². The number of benzene rings is 2. The van der Waals surface area contributed by atoms with Crippen molar-refractivity contribution in [2.45, 2.75) is 134 Å². The summed E-state index contributed by atoms with van der Waals surface area (Å²) in [5.74, 6) is 3.54. The van der Waals surface area contributed by atoms with Gasteiger partial charge in [-0.3, -0.25) is 4.79 Å². The molecular formula is C41H53NO6. The number of ether oxygens (including phenoxy) is 2. The van der Waals surface area contributed by atoms with E-state index in [9.17, 15) is 19.8 Å². The van der Waals surface area contributed by atoms with E-state index < -0.39 is 18.0 Å². The highest BCUT2D eigenvalue weighted by molar-refractivity contribution is 5.79. The monoisotopic (exact) mass is 655 g/mol. The van der Waals surface area contributed by atoms with Crippen molar-refractivity contribution < 1.29 is 29.3 Å². The normalized spacial score (nSPS) is 38.4. The maximum atomic E-state index is 12.9. The van der Waals surface area contributed by atoms with Gasteiger partial charge in [-0.25, -0.2) is 4.79 Å². The fourth-order valence-electron chi connectivity index (χ4n) is 12.0. The third-order valence-electron chi connectivity index (χ3n) is 14.7. The Bertz CT molecular complexity index is 1590. The molecule has 0 bridgehead atoms. The first-order chi connectivity index (χ1) is 23.0. The first-order valence-electron chi connectivity index (χ1n) is 18.8. The van der Waals surface area contributed by atoms with Crippen LogP contribution in [0.4, 0.5) is 0 Å². The molecule has 0 heterocycles. The zero-order chi connectivity index (χ0) is 33.4.